The van der Waals surface area contributed by atoms with Crippen LogP contribution in [0.15, 0.2) is 89.5 Å². The molecule has 2 N–H and O–H groups in total. The molecule has 0 aliphatic heterocycles. The van der Waals surface area contributed by atoms with Gasteiger partial charge in [0.2, 0.25) is 5.72 Å². The number of amides is 1. The number of hydrogen-bond donors (Lipinski definition) is 2. The van der Waals surface area contributed by atoms with Gasteiger partial charge in [-0.15, -0.1) is 0 Å². The van der Waals surface area contributed by atoms with Crippen molar-refractivity contribution in [2.45, 2.75) is 38.3 Å². The summed E-state index contributed by atoms with van der Waals surface area (Å²) in [5, 5.41) is 12.5. The zero-order valence-electron chi connectivity index (χ0n) is 17.4. The molecule has 1 amide bonds. The molecule has 0 radical (unpaired) electrons. The molecule has 0 fully saturated rings. The molecule has 5 nitrogen and oxygen atoms in total. The van der Waals surface area contributed by atoms with Crippen molar-refractivity contribution in [3.05, 3.63) is 95.1 Å². The Morgan fingerprint density at radius 2 is 1.61 bits per heavy atom. The number of para-hydroxylation sites is 1. The molecule has 0 aromatic heterocycles. The molecule has 0 saturated heterocycles. The predicted octanol–water partition coefficient (Wildman–Crippen LogP) is 4.88. The summed E-state index contributed by atoms with van der Waals surface area (Å²) in [6.45, 7) is 2.03. The number of ether oxygens (including phenoxy) is 1. The number of carbonyl (C=O) groups is 2. The van der Waals surface area contributed by atoms with Crippen LogP contribution in [0.25, 0.3) is 5.57 Å². The molecular formula is C26H25NO4. The lowest BCUT2D eigenvalue weighted by Gasteiger charge is -2.36. The topological polar surface area (TPSA) is 75.6 Å². The van der Waals surface area contributed by atoms with Gasteiger partial charge in [-0.2, -0.15) is 0 Å². The summed E-state index contributed by atoms with van der Waals surface area (Å²) in [6, 6.07) is 19.4. The molecule has 1 unspecified atom stereocenters. The summed E-state index contributed by atoms with van der Waals surface area (Å²) in [6.07, 6.45) is 5.83. The van der Waals surface area contributed by atoms with E-state index in [2.05, 4.69) is 17.4 Å². The van der Waals surface area contributed by atoms with E-state index in [-0.39, 0.29) is 11.5 Å². The van der Waals surface area contributed by atoms with E-state index in [9.17, 15) is 14.7 Å². The number of carboxylic acid groups (broad SMARTS) is 1. The van der Waals surface area contributed by atoms with Crippen molar-refractivity contribution in [3.63, 3.8) is 0 Å². The lowest BCUT2D eigenvalue weighted by atomic mass is 9.88. The number of hydrogen-bond acceptors (Lipinski definition) is 3. The van der Waals surface area contributed by atoms with Crippen molar-refractivity contribution in [1.29, 1.82) is 0 Å². The Kier molecular flexibility index (Phi) is 5.76. The fourth-order valence-electron chi connectivity index (χ4n) is 4.25. The van der Waals surface area contributed by atoms with Gasteiger partial charge >= 0.3 is 5.97 Å². The molecule has 2 aromatic carbocycles. The van der Waals surface area contributed by atoms with E-state index < -0.39 is 11.7 Å². The highest BCUT2D eigenvalue weighted by molar-refractivity contribution is 6.03. The first-order chi connectivity index (χ1) is 15.0. The number of aliphatic carboxylic acids is 1. The smallest absolute Gasteiger partial charge is 0.332 e. The Bertz CT molecular complexity index is 1080. The minimum Gasteiger partial charge on any atom is -0.478 e. The first-order valence-electron chi connectivity index (χ1n) is 10.4. The Labute approximate surface area is 181 Å². The van der Waals surface area contributed by atoms with Gasteiger partial charge in [0.15, 0.2) is 0 Å². The third kappa shape index (κ3) is 4.45. The van der Waals surface area contributed by atoms with Gasteiger partial charge in [0, 0.05) is 17.6 Å². The molecule has 2 aliphatic rings. The highest BCUT2D eigenvalue weighted by Crippen LogP contribution is 2.35. The summed E-state index contributed by atoms with van der Waals surface area (Å²) in [5.41, 5.74) is 2.71. The van der Waals surface area contributed by atoms with Gasteiger partial charge in [0.25, 0.3) is 5.91 Å². The van der Waals surface area contributed by atoms with Crippen molar-refractivity contribution in [3.8, 4) is 5.75 Å². The van der Waals surface area contributed by atoms with Crippen LogP contribution in [0.2, 0.25) is 0 Å². The average molecular weight is 415 g/mol. The van der Waals surface area contributed by atoms with Gasteiger partial charge in [-0.05, 0) is 55.5 Å². The van der Waals surface area contributed by atoms with E-state index in [1.807, 2.05) is 67.6 Å². The first-order valence-corrected chi connectivity index (χ1v) is 10.4. The van der Waals surface area contributed by atoms with E-state index in [0.29, 0.717) is 37.0 Å². The Balaban J connectivity index is 1.67. The summed E-state index contributed by atoms with van der Waals surface area (Å²) < 4.78 is 6.30. The third-order valence-electron chi connectivity index (χ3n) is 5.71. The van der Waals surface area contributed by atoms with E-state index in [1.54, 1.807) is 0 Å². The van der Waals surface area contributed by atoms with Crippen molar-refractivity contribution < 1.29 is 19.4 Å². The molecule has 0 saturated carbocycles. The second-order valence-corrected chi connectivity index (χ2v) is 7.94. The second kappa shape index (κ2) is 8.64. The van der Waals surface area contributed by atoms with Gasteiger partial charge in [-0.25, -0.2) is 4.79 Å². The number of carboxylic acids is 1. The van der Waals surface area contributed by atoms with Crippen molar-refractivity contribution in [2.75, 3.05) is 0 Å². The SMILES string of the molecule is CC1=C(c2ccccc2)C=CC(NC(=O)C2=C(C(=O)O)CCC2)(Oc2ccccc2)C1. The molecule has 0 bridgehead atoms. The van der Waals surface area contributed by atoms with E-state index in [1.165, 1.54) is 0 Å². The normalized spacial score (nSPS) is 20.7. The number of carbonyl (C=O) groups excluding carboxylic acids is 1. The maximum atomic E-state index is 13.1. The first kappa shape index (κ1) is 20.7. The minimum absolute atomic E-state index is 0.199. The van der Waals surface area contributed by atoms with Gasteiger partial charge in [0.05, 0.1) is 0 Å². The maximum Gasteiger partial charge on any atom is 0.332 e. The lowest BCUT2D eigenvalue weighted by Crippen LogP contribution is -2.53. The third-order valence-corrected chi connectivity index (χ3v) is 5.71. The highest BCUT2D eigenvalue weighted by atomic mass is 16.5. The second-order valence-electron chi connectivity index (χ2n) is 7.94. The van der Waals surface area contributed by atoms with Crippen LogP contribution in [0, 0.1) is 0 Å². The molecule has 0 heterocycles. The molecule has 0 spiro atoms. The largest absolute Gasteiger partial charge is 0.478 e. The predicted molar refractivity (Wildman–Crippen MR) is 119 cm³/mol. The molecule has 1 atom stereocenters. The maximum absolute atomic E-state index is 13.1. The Morgan fingerprint density at radius 1 is 0.968 bits per heavy atom. The van der Waals surface area contributed by atoms with Gasteiger partial charge in [-0.3, -0.25) is 4.79 Å². The Morgan fingerprint density at radius 3 is 2.26 bits per heavy atom. The fraction of sp³-hybridized carbons (Fsp3) is 0.231. The molecule has 31 heavy (non-hydrogen) atoms. The highest BCUT2D eigenvalue weighted by Gasteiger charge is 2.37. The van der Waals surface area contributed by atoms with Crippen LogP contribution in [0.4, 0.5) is 0 Å². The van der Waals surface area contributed by atoms with Crippen molar-refractivity contribution in [1.82, 2.24) is 5.32 Å². The number of nitrogens with one attached hydrogen (secondary N) is 1. The lowest BCUT2D eigenvalue weighted by molar-refractivity contribution is -0.133. The summed E-state index contributed by atoms with van der Waals surface area (Å²) in [4.78, 5) is 24.7. The quantitative estimate of drug-likeness (QED) is 0.660. The fourth-order valence-corrected chi connectivity index (χ4v) is 4.25. The molecule has 5 heteroatoms. The summed E-state index contributed by atoms with van der Waals surface area (Å²) >= 11 is 0. The average Bonchev–Trinajstić information content (AvgIpc) is 3.26. The van der Waals surface area contributed by atoms with Crippen molar-refractivity contribution >= 4 is 17.4 Å². The zero-order chi connectivity index (χ0) is 21.8. The van der Waals surface area contributed by atoms with E-state index in [4.69, 9.17) is 4.74 Å². The molecule has 2 aromatic rings. The summed E-state index contributed by atoms with van der Waals surface area (Å²) in [5.74, 6) is -0.781. The van der Waals surface area contributed by atoms with Crippen molar-refractivity contribution in [2.24, 2.45) is 0 Å². The van der Waals surface area contributed by atoms with Crippen LogP contribution in [0.3, 0.4) is 0 Å². The van der Waals surface area contributed by atoms with Crippen LogP contribution < -0.4 is 10.1 Å². The van der Waals surface area contributed by atoms with Gasteiger partial charge in [0.1, 0.15) is 5.75 Å². The van der Waals surface area contributed by atoms with E-state index >= 15 is 0 Å². The van der Waals surface area contributed by atoms with Crippen LogP contribution in [0.5, 0.6) is 5.75 Å². The van der Waals surface area contributed by atoms with Crippen LogP contribution in [0.1, 0.15) is 38.2 Å². The molecule has 4 rings (SSSR count). The van der Waals surface area contributed by atoms with Crippen LogP contribution in [-0.2, 0) is 9.59 Å². The van der Waals surface area contributed by atoms with Gasteiger partial charge in [-0.1, -0.05) is 60.2 Å². The van der Waals surface area contributed by atoms with Gasteiger partial charge < -0.3 is 15.2 Å². The minimum atomic E-state index is -1.10. The summed E-state index contributed by atoms with van der Waals surface area (Å²) in [7, 11) is 0. The molecular weight excluding hydrogens is 390 g/mol. The Hall–Kier alpha value is -3.60. The van der Waals surface area contributed by atoms with Crippen LogP contribution >= 0.6 is 0 Å². The number of benzene rings is 2. The number of allylic oxidation sites excluding steroid dienone is 2. The van der Waals surface area contributed by atoms with E-state index in [0.717, 1.165) is 16.7 Å². The number of rotatable bonds is 6. The zero-order valence-corrected chi connectivity index (χ0v) is 17.4. The van der Waals surface area contributed by atoms with Crippen LogP contribution in [-0.4, -0.2) is 22.7 Å². The molecule has 2 aliphatic carbocycles. The standard InChI is InChI=1S/C26H25NO4/c1-18-17-26(31-20-11-6-3-7-12-20,16-15-21(18)19-9-4-2-5-10-19)27-24(28)22-13-8-14-23(22)25(29)30/h2-7,9-12,15-16H,8,13-14,17H2,1H3,(H,27,28)(H,29,30). The molecule has 158 valence electrons. The monoisotopic (exact) mass is 415 g/mol.